The summed E-state index contributed by atoms with van der Waals surface area (Å²) in [6.45, 7) is 8.03. The molecule has 2 aromatic rings. The number of halogens is 1. The number of hydrogen-bond donors (Lipinski definition) is 1. The number of aryl methyl sites for hydroxylation is 1. The Kier molecular flexibility index (Phi) is 3.98. The molecule has 27 heavy (non-hydrogen) atoms. The molecule has 1 heterocycles. The van der Waals surface area contributed by atoms with Crippen LogP contribution in [0.5, 0.6) is 0 Å². The molecule has 4 aliphatic carbocycles. The highest BCUT2D eigenvalue weighted by Gasteiger charge is 2.59. The van der Waals surface area contributed by atoms with Crippen LogP contribution in [0.15, 0.2) is 39.2 Å². The van der Waals surface area contributed by atoms with E-state index >= 15 is 0 Å². The van der Waals surface area contributed by atoms with E-state index < -0.39 is 0 Å². The maximum atomic E-state index is 6.20. The first-order chi connectivity index (χ1) is 12.8. The molecule has 4 bridgehead atoms. The molecule has 6 rings (SSSR count). The quantitative estimate of drug-likeness (QED) is 0.576. The number of nitrogens with one attached hydrogen (secondary N) is 1. The second kappa shape index (κ2) is 5.97. The van der Waals surface area contributed by atoms with Crippen molar-refractivity contribution in [2.75, 3.05) is 0 Å². The lowest BCUT2D eigenvalue weighted by Gasteiger charge is -2.65. The highest BCUT2D eigenvalue weighted by Crippen LogP contribution is 2.66. The van der Waals surface area contributed by atoms with Crippen LogP contribution in [-0.4, -0.2) is 5.54 Å². The second-order valence-electron chi connectivity index (χ2n) is 10.5. The lowest BCUT2D eigenvalue weighted by Crippen LogP contribution is -2.63. The van der Waals surface area contributed by atoms with Crippen molar-refractivity contribution in [2.24, 2.45) is 16.7 Å². The topological polar surface area (TPSA) is 25.2 Å². The molecule has 0 spiro atoms. The normalized spacial score (nSPS) is 37.1. The molecule has 2 nitrogen and oxygen atoms in total. The van der Waals surface area contributed by atoms with Gasteiger partial charge in [0.25, 0.3) is 0 Å². The smallest absolute Gasteiger partial charge is 0.134 e. The van der Waals surface area contributed by atoms with Crippen LogP contribution >= 0.6 is 15.9 Å². The number of rotatable bonds is 4. The fourth-order valence-electron chi connectivity index (χ4n) is 7.35. The third-order valence-corrected chi connectivity index (χ3v) is 8.26. The largest absolute Gasteiger partial charge is 0.460 e. The summed E-state index contributed by atoms with van der Waals surface area (Å²) < 4.78 is 7.34. The van der Waals surface area contributed by atoms with Gasteiger partial charge in [0, 0.05) is 15.6 Å². The van der Waals surface area contributed by atoms with Gasteiger partial charge in [-0.05, 0) is 92.0 Å². The van der Waals surface area contributed by atoms with Crippen molar-refractivity contribution >= 4 is 15.9 Å². The number of benzene rings is 1. The zero-order valence-electron chi connectivity index (χ0n) is 16.7. The first kappa shape index (κ1) is 18.0. The van der Waals surface area contributed by atoms with E-state index in [2.05, 4.69) is 72.3 Å². The summed E-state index contributed by atoms with van der Waals surface area (Å²) in [5, 5.41) is 3.98. The van der Waals surface area contributed by atoms with E-state index in [-0.39, 0.29) is 0 Å². The van der Waals surface area contributed by atoms with E-state index in [4.69, 9.17) is 4.42 Å². The summed E-state index contributed by atoms with van der Waals surface area (Å²) in [7, 11) is 0. The highest BCUT2D eigenvalue weighted by molar-refractivity contribution is 9.10. The van der Waals surface area contributed by atoms with E-state index in [9.17, 15) is 0 Å². The Labute approximate surface area is 171 Å². The van der Waals surface area contributed by atoms with Crippen molar-refractivity contribution in [3.05, 3.63) is 46.1 Å². The maximum absolute atomic E-state index is 6.20. The first-order valence-electron chi connectivity index (χ1n) is 10.4. The Morgan fingerprint density at radius 1 is 1.04 bits per heavy atom. The summed E-state index contributed by atoms with van der Waals surface area (Å²) in [6, 6.07) is 10.7. The molecule has 1 aromatic heterocycles. The summed E-state index contributed by atoms with van der Waals surface area (Å²) in [4.78, 5) is 0. The van der Waals surface area contributed by atoms with Crippen LogP contribution in [0.4, 0.5) is 0 Å². The van der Waals surface area contributed by atoms with Crippen LogP contribution in [0.25, 0.3) is 11.3 Å². The van der Waals surface area contributed by atoms with Crippen molar-refractivity contribution in [2.45, 2.75) is 71.4 Å². The van der Waals surface area contributed by atoms with Crippen molar-refractivity contribution in [3.8, 4) is 11.3 Å². The third-order valence-electron chi connectivity index (χ3n) is 7.37. The van der Waals surface area contributed by atoms with Crippen LogP contribution in [-0.2, 0) is 6.54 Å². The second-order valence-corrected chi connectivity index (χ2v) is 11.3. The van der Waals surface area contributed by atoms with Gasteiger partial charge in [0.15, 0.2) is 0 Å². The van der Waals surface area contributed by atoms with E-state index in [0.717, 1.165) is 34.0 Å². The lowest BCUT2D eigenvalue weighted by molar-refractivity contribution is -0.118. The zero-order valence-corrected chi connectivity index (χ0v) is 18.3. The minimum Gasteiger partial charge on any atom is -0.460 e. The van der Waals surface area contributed by atoms with Crippen LogP contribution in [0.3, 0.4) is 0 Å². The van der Waals surface area contributed by atoms with Crippen molar-refractivity contribution in [1.29, 1.82) is 0 Å². The summed E-state index contributed by atoms with van der Waals surface area (Å²) in [5.41, 5.74) is 3.80. The molecule has 0 aliphatic heterocycles. The lowest BCUT2D eigenvalue weighted by atomic mass is 9.43. The number of hydrogen-bond acceptors (Lipinski definition) is 2. The molecule has 1 aromatic carbocycles. The predicted octanol–water partition coefficient (Wildman–Crippen LogP) is 6.86. The Morgan fingerprint density at radius 3 is 2.44 bits per heavy atom. The molecule has 3 heteroatoms. The molecule has 144 valence electrons. The summed E-state index contributed by atoms with van der Waals surface area (Å²) in [6.07, 6.45) is 8.35. The molecule has 4 saturated carbocycles. The van der Waals surface area contributed by atoms with Crippen LogP contribution in [0.1, 0.15) is 63.7 Å². The summed E-state index contributed by atoms with van der Waals surface area (Å²) in [5.74, 6) is 2.94. The molecule has 2 unspecified atom stereocenters. The van der Waals surface area contributed by atoms with Gasteiger partial charge in [-0.3, -0.25) is 0 Å². The highest BCUT2D eigenvalue weighted by atomic mass is 79.9. The van der Waals surface area contributed by atoms with Crippen molar-refractivity contribution < 1.29 is 4.42 Å². The Balaban J connectivity index is 1.32. The minimum atomic E-state index is 0.323. The zero-order chi connectivity index (χ0) is 18.9. The van der Waals surface area contributed by atoms with Gasteiger partial charge in [-0.2, -0.15) is 0 Å². The average Bonchev–Trinajstić information content (AvgIpc) is 3.01. The van der Waals surface area contributed by atoms with Gasteiger partial charge < -0.3 is 9.73 Å². The fourth-order valence-corrected chi connectivity index (χ4v) is 7.59. The van der Waals surface area contributed by atoms with Crippen molar-refractivity contribution in [3.63, 3.8) is 0 Å². The first-order valence-corrected chi connectivity index (χ1v) is 11.2. The molecule has 1 N–H and O–H groups in total. The van der Waals surface area contributed by atoms with Crippen LogP contribution in [0.2, 0.25) is 0 Å². The molecular weight excluding hydrogens is 398 g/mol. The predicted molar refractivity (Wildman–Crippen MR) is 114 cm³/mol. The molecule has 0 radical (unpaired) electrons. The van der Waals surface area contributed by atoms with E-state index in [1.165, 1.54) is 44.1 Å². The minimum absolute atomic E-state index is 0.323. The standard InChI is InChI=1S/C24H30BrNO/c1-16-8-18(4-6-20(16)25)21-7-5-19(27-21)12-26-24-11-17-9-22(2,14-24)13-23(3,10-17)15-24/h4-8,17,26H,9-15H2,1-3H3. The van der Waals surface area contributed by atoms with Gasteiger partial charge in [-0.15, -0.1) is 0 Å². The maximum Gasteiger partial charge on any atom is 0.134 e. The molecular formula is C24H30BrNO. The molecule has 4 aliphatic rings. The van der Waals surface area contributed by atoms with E-state index in [1.807, 2.05) is 0 Å². The van der Waals surface area contributed by atoms with Gasteiger partial charge in [0.1, 0.15) is 11.5 Å². The monoisotopic (exact) mass is 427 g/mol. The molecule has 2 atom stereocenters. The van der Waals surface area contributed by atoms with Gasteiger partial charge >= 0.3 is 0 Å². The fraction of sp³-hybridized carbons (Fsp3) is 0.583. The van der Waals surface area contributed by atoms with Crippen LogP contribution in [0, 0.1) is 23.7 Å². The average molecular weight is 428 g/mol. The molecule has 4 fully saturated rings. The van der Waals surface area contributed by atoms with Gasteiger partial charge in [0.05, 0.1) is 6.54 Å². The van der Waals surface area contributed by atoms with E-state index in [1.54, 1.807) is 0 Å². The molecule has 0 amide bonds. The van der Waals surface area contributed by atoms with E-state index in [0.29, 0.717) is 16.4 Å². The summed E-state index contributed by atoms with van der Waals surface area (Å²) >= 11 is 3.58. The van der Waals surface area contributed by atoms with Gasteiger partial charge in [-0.25, -0.2) is 0 Å². The Morgan fingerprint density at radius 2 is 1.78 bits per heavy atom. The number of furan rings is 1. The SMILES string of the molecule is Cc1cc(-c2ccc(CNC34CC5CC(C)(CC(C)(C5)C3)C4)o2)ccc1Br. The third kappa shape index (κ3) is 3.21. The Bertz CT molecular complexity index is 866. The van der Waals surface area contributed by atoms with Gasteiger partial charge in [-0.1, -0.05) is 35.8 Å². The van der Waals surface area contributed by atoms with Crippen molar-refractivity contribution in [1.82, 2.24) is 5.32 Å². The van der Waals surface area contributed by atoms with Gasteiger partial charge in [0.2, 0.25) is 0 Å². The molecule has 0 saturated heterocycles. The van der Waals surface area contributed by atoms with Crippen LogP contribution < -0.4 is 5.32 Å². The Hall–Kier alpha value is -1.06.